The lowest BCUT2D eigenvalue weighted by Gasteiger charge is -2.32. The summed E-state index contributed by atoms with van der Waals surface area (Å²) in [6, 6.07) is 8.14. The van der Waals surface area contributed by atoms with Crippen molar-refractivity contribution in [1.82, 2.24) is 14.9 Å². The van der Waals surface area contributed by atoms with Gasteiger partial charge >= 0.3 is 0 Å². The molecule has 3 rings (SSSR count). The van der Waals surface area contributed by atoms with Crippen LogP contribution < -0.4 is 0 Å². The first kappa shape index (κ1) is 15.4. The summed E-state index contributed by atoms with van der Waals surface area (Å²) in [7, 11) is 0. The number of imidazole rings is 1. The van der Waals surface area contributed by atoms with Crippen LogP contribution in [0.1, 0.15) is 25.1 Å². The Morgan fingerprint density at radius 1 is 1.45 bits per heavy atom. The zero-order valence-corrected chi connectivity index (χ0v) is 13.9. The number of nitrogens with one attached hydrogen (secondary N) is 1. The van der Waals surface area contributed by atoms with Crippen molar-refractivity contribution in [3.8, 4) is 0 Å². The molecule has 1 aromatic carbocycles. The molecule has 4 nitrogen and oxygen atoms in total. The second-order valence-corrected chi connectivity index (χ2v) is 6.98. The number of hydrogen-bond acceptors (Lipinski definition) is 3. The summed E-state index contributed by atoms with van der Waals surface area (Å²) in [4.78, 5) is 22.3. The summed E-state index contributed by atoms with van der Waals surface area (Å²) in [6.07, 6.45) is 5.94. The number of H-pyrrole nitrogens is 1. The van der Waals surface area contributed by atoms with E-state index in [1.54, 1.807) is 11.8 Å². The van der Waals surface area contributed by atoms with Gasteiger partial charge in [-0.15, -0.1) is 0 Å². The highest BCUT2D eigenvalue weighted by Gasteiger charge is 2.24. The van der Waals surface area contributed by atoms with Gasteiger partial charge in [-0.1, -0.05) is 12.1 Å². The van der Waals surface area contributed by atoms with Crippen molar-refractivity contribution in [2.24, 2.45) is 5.92 Å². The standard InChI is InChI=1S/C17H23N3OS/c1-22-10-8-17(21)20-9-4-5-13(12-20)11-16-18-14-6-2-3-7-15(14)19-16/h2-3,6-7,13H,4-5,8-12H2,1H3,(H,18,19)/t13-/m0/s1. The van der Waals surface area contributed by atoms with Crippen molar-refractivity contribution in [3.63, 3.8) is 0 Å². The summed E-state index contributed by atoms with van der Waals surface area (Å²) in [5.41, 5.74) is 2.13. The summed E-state index contributed by atoms with van der Waals surface area (Å²) in [5, 5.41) is 0. The van der Waals surface area contributed by atoms with Gasteiger partial charge in [0.2, 0.25) is 5.91 Å². The Balaban J connectivity index is 1.61. The quantitative estimate of drug-likeness (QED) is 0.922. The zero-order chi connectivity index (χ0) is 15.4. The molecule has 0 spiro atoms. The van der Waals surface area contributed by atoms with Gasteiger partial charge in [-0.05, 0) is 37.1 Å². The lowest BCUT2D eigenvalue weighted by atomic mass is 9.94. The van der Waals surface area contributed by atoms with Gasteiger partial charge in [0.1, 0.15) is 5.82 Å². The van der Waals surface area contributed by atoms with Crippen LogP contribution in [0.2, 0.25) is 0 Å². The predicted molar refractivity (Wildman–Crippen MR) is 92.1 cm³/mol. The van der Waals surface area contributed by atoms with Gasteiger partial charge < -0.3 is 9.88 Å². The first-order valence-electron chi connectivity index (χ1n) is 7.96. The number of amides is 1. The van der Waals surface area contributed by atoms with Gasteiger partial charge in [0, 0.05) is 31.7 Å². The fourth-order valence-electron chi connectivity index (χ4n) is 3.18. The molecule has 1 saturated heterocycles. The Morgan fingerprint density at radius 2 is 2.32 bits per heavy atom. The van der Waals surface area contributed by atoms with E-state index in [4.69, 9.17) is 0 Å². The van der Waals surface area contributed by atoms with Crippen LogP contribution in [0.4, 0.5) is 0 Å². The third-order valence-electron chi connectivity index (χ3n) is 4.31. The lowest BCUT2D eigenvalue weighted by molar-refractivity contribution is -0.132. The van der Waals surface area contributed by atoms with Crippen molar-refractivity contribution >= 4 is 28.7 Å². The minimum atomic E-state index is 0.309. The van der Waals surface area contributed by atoms with Crippen LogP contribution in [0, 0.1) is 5.92 Å². The van der Waals surface area contributed by atoms with E-state index in [0.717, 1.165) is 48.5 Å². The number of fused-ring (bicyclic) bond motifs is 1. The molecule has 1 aromatic heterocycles. The molecule has 1 fully saturated rings. The van der Waals surface area contributed by atoms with Gasteiger partial charge in [0.25, 0.3) is 0 Å². The third kappa shape index (κ3) is 3.64. The smallest absolute Gasteiger partial charge is 0.223 e. The number of nitrogens with zero attached hydrogens (tertiary/aromatic N) is 2. The van der Waals surface area contributed by atoms with E-state index in [1.807, 2.05) is 29.4 Å². The second-order valence-electron chi connectivity index (χ2n) is 6.00. The SMILES string of the molecule is CSCCC(=O)N1CCC[C@@H](Cc2nc3ccccc3[nH]2)C1. The fourth-order valence-corrected chi connectivity index (χ4v) is 3.56. The Morgan fingerprint density at radius 3 is 3.14 bits per heavy atom. The van der Waals surface area contributed by atoms with Crippen LogP contribution >= 0.6 is 11.8 Å². The van der Waals surface area contributed by atoms with Gasteiger partial charge in [0.15, 0.2) is 0 Å². The molecular weight excluding hydrogens is 294 g/mol. The van der Waals surface area contributed by atoms with Crippen LogP contribution in [0.5, 0.6) is 0 Å². The zero-order valence-electron chi connectivity index (χ0n) is 13.0. The molecule has 1 N–H and O–H groups in total. The number of thioether (sulfide) groups is 1. The summed E-state index contributed by atoms with van der Waals surface area (Å²) in [5.74, 6) is 2.80. The van der Waals surface area contributed by atoms with Gasteiger partial charge in [-0.2, -0.15) is 11.8 Å². The molecule has 1 aliphatic heterocycles. The van der Waals surface area contributed by atoms with E-state index in [1.165, 1.54) is 6.42 Å². The van der Waals surface area contributed by atoms with Crippen LogP contribution in [-0.4, -0.2) is 45.9 Å². The highest BCUT2D eigenvalue weighted by molar-refractivity contribution is 7.98. The molecule has 0 saturated carbocycles. The molecule has 2 heterocycles. The molecule has 0 unspecified atom stereocenters. The summed E-state index contributed by atoms with van der Waals surface area (Å²) >= 11 is 1.74. The van der Waals surface area contributed by atoms with Crippen molar-refractivity contribution in [3.05, 3.63) is 30.1 Å². The van der Waals surface area contributed by atoms with E-state index in [9.17, 15) is 4.79 Å². The molecule has 0 radical (unpaired) electrons. The molecule has 118 valence electrons. The van der Waals surface area contributed by atoms with Crippen LogP contribution in [0.3, 0.4) is 0 Å². The summed E-state index contributed by atoms with van der Waals surface area (Å²) in [6.45, 7) is 1.80. The van der Waals surface area contributed by atoms with Crippen LogP contribution in [0.25, 0.3) is 11.0 Å². The minimum absolute atomic E-state index is 0.309. The predicted octanol–water partition coefficient (Wildman–Crippen LogP) is 3.10. The molecule has 1 amide bonds. The fraction of sp³-hybridized carbons (Fsp3) is 0.529. The maximum Gasteiger partial charge on any atom is 0.223 e. The largest absolute Gasteiger partial charge is 0.342 e. The van der Waals surface area contributed by atoms with Crippen molar-refractivity contribution < 1.29 is 4.79 Å². The minimum Gasteiger partial charge on any atom is -0.342 e. The first-order chi connectivity index (χ1) is 10.8. The Bertz CT molecular complexity index is 607. The maximum atomic E-state index is 12.2. The van der Waals surface area contributed by atoms with Gasteiger partial charge in [-0.3, -0.25) is 4.79 Å². The van der Waals surface area contributed by atoms with Gasteiger partial charge in [0.05, 0.1) is 11.0 Å². The van der Waals surface area contributed by atoms with E-state index in [0.29, 0.717) is 18.2 Å². The number of rotatable bonds is 5. The molecule has 1 aliphatic rings. The molecule has 1 atom stereocenters. The number of carbonyl (C=O) groups excluding carboxylic acids is 1. The maximum absolute atomic E-state index is 12.2. The normalized spacial score (nSPS) is 18.8. The monoisotopic (exact) mass is 317 g/mol. The van der Waals surface area contributed by atoms with Crippen molar-refractivity contribution in [2.75, 3.05) is 25.1 Å². The average Bonchev–Trinajstić information content (AvgIpc) is 2.95. The third-order valence-corrected chi connectivity index (χ3v) is 4.92. The topological polar surface area (TPSA) is 49.0 Å². The molecule has 0 aliphatic carbocycles. The van der Waals surface area contributed by atoms with E-state index in [-0.39, 0.29) is 0 Å². The number of carbonyl (C=O) groups is 1. The van der Waals surface area contributed by atoms with Crippen molar-refractivity contribution in [1.29, 1.82) is 0 Å². The van der Waals surface area contributed by atoms with Crippen molar-refractivity contribution in [2.45, 2.75) is 25.7 Å². The number of aromatic nitrogens is 2. The number of hydrogen-bond donors (Lipinski definition) is 1. The summed E-state index contributed by atoms with van der Waals surface area (Å²) < 4.78 is 0. The Kier molecular flexibility index (Phi) is 5.03. The highest BCUT2D eigenvalue weighted by Crippen LogP contribution is 2.22. The molecule has 22 heavy (non-hydrogen) atoms. The van der Waals surface area contributed by atoms with Crippen LogP contribution in [0.15, 0.2) is 24.3 Å². The number of piperidine rings is 1. The van der Waals surface area contributed by atoms with E-state index in [2.05, 4.69) is 16.0 Å². The molecular formula is C17H23N3OS. The number of likely N-dealkylation sites (tertiary alicyclic amines) is 1. The number of aromatic amines is 1. The number of benzene rings is 1. The highest BCUT2D eigenvalue weighted by atomic mass is 32.2. The second kappa shape index (κ2) is 7.18. The average molecular weight is 317 g/mol. The molecule has 2 aromatic rings. The van der Waals surface area contributed by atoms with E-state index < -0.39 is 0 Å². The molecule has 0 bridgehead atoms. The Labute approximate surface area is 135 Å². The number of para-hydroxylation sites is 2. The van der Waals surface area contributed by atoms with E-state index >= 15 is 0 Å². The first-order valence-corrected chi connectivity index (χ1v) is 9.36. The van der Waals surface area contributed by atoms with Crippen LogP contribution in [-0.2, 0) is 11.2 Å². The molecule has 5 heteroatoms. The lowest BCUT2D eigenvalue weighted by Crippen LogP contribution is -2.40. The Hall–Kier alpha value is -1.49. The van der Waals surface area contributed by atoms with Gasteiger partial charge in [-0.25, -0.2) is 4.98 Å².